The van der Waals surface area contributed by atoms with Crippen LogP contribution >= 0.6 is 0 Å². The van der Waals surface area contributed by atoms with Crippen LogP contribution in [0, 0.1) is 0 Å². The quantitative estimate of drug-likeness (QED) is 0.687. The van der Waals surface area contributed by atoms with Crippen molar-refractivity contribution in [3.63, 3.8) is 0 Å². The molecule has 32 heavy (non-hydrogen) atoms. The molecular weight excluding hydrogens is 408 g/mol. The topological polar surface area (TPSA) is 77.1 Å². The summed E-state index contributed by atoms with van der Waals surface area (Å²) in [6.07, 6.45) is 5.26. The lowest BCUT2D eigenvalue weighted by molar-refractivity contribution is -0.125. The molecule has 0 fully saturated rings. The second kappa shape index (κ2) is 9.34. The standard InChI is InChI=1S/C25H28N2O5/c1-16-8-4-6-10-20(18-12-13-22-23(14-18)31-15-30-22)26-24(28)17(2)27(3)25(29)19-9-5-7-11-21(19)32-16/h4-7,9,11-14,16-17,20H,8,10,15H2,1-3H3,(H,26,28)/b6-4+/t16-,17-,20-/m0/s1. The van der Waals surface area contributed by atoms with Gasteiger partial charge in [0.15, 0.2) is 11.5 Å². The fourth-order valence-electron chi connectivity index (χ4n) is 3.77. The average Bonchev–Trinajstić information content (AvgIpc) is 3.27. The highest BCUT2D eigenvalue weighted by molar-refractivity contribution is 5.99. The van der Waals surface area contributed by atoms with E-state index in [1.807, 2.05) is 43.3 Å². The number of hydrogen-bond donors (Lipinski definition) is 1. The van der Waals surface area contributed by atoms with Crippen molar-refractivity contribution in [2.45, 2.75) is 44.9 Å². The minimum Gasteiger partial charge on any atom is -0.490 e. The zero-order chi connectivity index (χ0) is 22.7. The fraction of sp³-hybridized carbons (Fsp3) is 0.360. The highest BCUT2D eigenvalue weighted by atomic mass is 16.7. The van der Waals surface area contributed by atoms with Crippen molar-refractivity contribution in [1.29, 1.82) is 0 Å². The van der Waals surface area contributed by atoms with Crippen LogP contribution < -0.4 is 19.5 Å². The van der Waals surface area contributed by atoms with Gasteiger partial charge in [-0.05, 0) is 50.1 Å². The Bertz CT molecular complexity index is 1030. The van der Waals surface area contributed by atoms with E-state index in [0.717, 1.165) is 5.56 Å². The van der Waals surface area contributed by atoms with Crippen LogP contribution in [-0.2, 0) is 4.79 Å². The normalized spacial score (nSPS) is 24.7. The Morgan fingerprint density at radius 1 is 0.938 bits per heavy atom. The van der Waals surface area contributed by atoms with Crippen molar-refractivity contribution in [2.75, 3.05) is 13.8 Å². The number of likely N-dealkylation sites (N-methyl/N-ethyl adjacent to an activating group) is 1. The maximum atomic E-state index is 13.2. The van der Waals surface area contributed by atoms with Crippen molar-refractivity contribution in [3.05, 3.63) is 65.7 Å². The molecule has 4 rings (SSSR count). The van der Waals surface area contributed by atoms with E-state index in [9.17, 15) is 9.59 Å². The zero-order valence-corrected chi connectivity index (χ0v) is 18.5. The monoisotopic (exact) mass is 436 g/mol. The first kappa shape index (κ1) is 21.7. The Labute approximate surface area is 188 Å². The minimum atomic E-state index is -0.670. The van der Waals surface area contributed by atoms with Crippen molar-refractivity contribution in [3.8, 4) is 17.2 Å². The van der Waals surface area contributed by atoms with Crippen LogP contribution in [-0.4, -0.2) is 42.7 Å². The van der Waals surface area contributed by atoms with Gasteiger partial charge in [0.25, 0.3) is 5.91 Å². The van der Waals surface area contributed by atoms with E-state index in [1.54, 1.807) is 32.2 Å². The van der Waals surface area contributed by atoms with Crippen LogP contribution in [0.1, 0.15) is 48.7 Å². The molecule has 0 saturated carbocycles. The number of nitrogens with zero attached hydrogens (tertiary/aromatic N) is 1. The molecule has 0 aromatic heterocycles. The summed E-state index contributed by atoms with van der Waals surface area (Å²) >= 11 is 0. The summed E-state index contributed by atoms with van der Waals surface area (Å²) in [7, 11) is 1.63. The molecule has 2 aromatic rings. The molecular formula is C25H28N2O5. The lowest BCUT2D eigenvalue weighted by atomic mass is 10.0. The van der Waals surface area contributed by atoms with Crippen molar-refractivity contribution in [2.24, 2.45) is 0 Å². The SMILES string of the molecule is C[C@H]1C/C=C/C[C@@H](c2ccc3c(c2)OCO3)NC(=O)[C@H](C)N(C)C(=O)c2ccccc2O1. The molecule has 7 heteroatoms. The van der Waals surface area contributed by atoms with E-state index in [-0.39, 0.29) is 30.8 Å². The van der Waals surface area contributed by atoms with E-state index in [1.165, 1.54) is 4.90 Å². The largest absolute Gasteiger partial charge is 0.490 e. The van der Waals surface area contributed by atoms with E-state index in [4.69, 9.17) is 14.2 Å². The smallest absolute Gasteiger partial charge is 0.258 e. The number of amides is 2. The predicted molar refractivity (Wildman–Crippen MR) is 120 cm³/mol. The van der Waals surface area contributed by atoms with Crippen LogP contribution in [0.4, 0.5) is 0 Å². The molecule has 0 radical (unpaired) electrons. The van der Waals surface area contributed by atoms with E-state index < -0.39 is 6.04 Å². The highest BCUT2D eigenvalue weighted by Crippen LogP contribution is 2.35. The van der Waals surface area contributed by atoms with Gasteiger partial charge in [0.05, 0.1) is 17.7 Å². The first-order valence-electron chi connectivity index (χ1n) is 10.8. The Kier molecular flexibility index (Phi) is 6.35. The molecule has 2 aliphatic heterocycles. The van der Waals surface area contributed by atoms with E-state index in [2.05, 4.69) is 5.32 Å². The molecule has 7 nitrogen and oxygen atoms in total. The number of carbonyl (C=O) groups excluding carboxylic acids is 2. The van der Waals surface area contributed by atoms with E-state index in [0.29, 0.717) is 35.7 Å². The average molecular weight is 437 g/mol. The van der Waals surface area contributed by atoms with Crippen molar-refractivity contribution in [1.82, 2.24) is 10.2 Å². The lowest BCUT2D eigenvalue weighted by Crippen LogP contribution is -2.47. The van der Waals surface area contributed by atoms with Crippen LogP contribution in [0.2, 0.25) is 0 Å². The van der Waals surface area contributed by atoms with Crippen LogP contribution in [0.5, 0.6) is 17.2 Å². The number of nitrogens with one attached hydrogen (secondary N) is 1. The molecule has 0 unspecified atom stereocenters. The van der Waals surface area contributed by atoms with Crippen molar-refractivity contribution >= 4 is 11.8 Å². The number of fused-ring (bicyclic) bond motifs is 2. The van der Waals surface area contributed by atoms with Gasteiger partial charge in [-0.3, -0.25) is 9.59 Å². The molecule has 1 N–H and O–H groups in total. The molecule has 2 aliphatic rings. The first-order valence-corrected chi connectivity index (χ1v) is 10.8. The number of hydrogen-bond acceptors (Lipinski definition) is 5. The Hall–Kier alpha value is -3.48. The molecule has 0 spiro atoms. The fourth-order valence-corrected chi connectivity index (χ4v) is 3.77. The summed E-state index contributed by atoms with van der Waals surface area (Å²) in [5, 5.41) is 3.10. The first-order chi connectivity index (χ1) is 15.4. The summed E-state index contributed by atoms with van der Waals surface area (Å²) in [6.45, 7) is 3.89. The van der Waals surface area contributed by atoms with Gasteiger partial charge in [0.1, 0.15) is 11.8 Å². The van der Waals surface area contributed by atoms with Gasteiger partial charge in [0.2, 0.25) is 12.7 Å². The molecule has 2 heterocycles. The van der Waals surface area contributed by atoms with Crippen LogP contribution in [0.3, 0.4) is 0 Å². The summed E-state index contributed by atoms with van der Waals surface area (Å²) in [5.41, 5.74) is 1.35. The van der Waals surface area contributed by atoms with Gasteiger partial charge in [-0.1, -0.05) is 30.4 Å². The Morgan fingerprint density at radius 2 is 1.69 bits per heavy atom. The molecule has 0 bridgehead atoms. The van der Waals surface area contributed by atoms with Crippen molar-refractivity contribution < 1.29 is 23.8 Å². The third-order valence-corrected chi connectivity index (χ3v) is 5.85. The second-order valence-corrected chi connectivity index (χ2v) is 8.13. The third-order valence-electron chi connectivity index (χ3n) is 5.85. The van der Waals surface area contributed by atoms with Gasteiger partial charge < -0.3 is 24.4 Å². The van der Waals surface area contributed by atoms with Gasteiger partial charge in [-0.2, -0.15) is 0 Å². The summed E-state index contributed by atoms with van der Waals surface area (Å²) in [6, 6.07) is 11.9. The number of carbonyl (C=O) groups is 2. The summed E-state index contributed by atoms with van der Waals surface area (Å²) < 4.78 is 17.0. The molecule has 0 aliphatic carbocycles. The Morgan fingerprint density at radius 3 is 2.53 bits per heavy atom. The predicted octanol–water partition coefficient (Wildman–Crippen LogP) is 3.85. The number of rotatable bonds is 1. The second-order valence-electron chi connectivity index (χ2n) is 8.13. The molecule has 3 atom stereocenters. The number of benzene rings is 2. The Balaban J connectivity index is 1.64. The number of para-hydroxylation sites is 1. The maximum Gasteiger partial charge on any atom is 0.258 e. The summed E-state index contributed by atoms with van der Waals surface area (Å²) in [4.78, 5) is 27.7. The van der Waals surface area contributed by atoms with Crippen LogP contribution in [0.15, 0.2) is 54.6 Å². The van der Waals surface area contributed by atoms with Gasteiger partial charge in [-0.15, -0.1) is 0 Å². The molecule has 2 aromatic carbocycles. The molecule has 2 amide bonds. The molecule has 168 valence electrons. The zero-order valence-electron chi connectivity index (χ0n) is 18.5. The lowest BCUT2D eigenvalue weighted by Gasteiger charge is -2.28. The van der Waals surface area contributed by atoms with Gasteiger partial charge in [0, 0.05) is 13.5 Å². The summed E-state index contributed by atoms with van der Waals surface area (Å²) in [5.74, 6) is 1.38. The minimum absolute atomic E-state index is 0.107. The van der Waals surface area contributed by atoms with Crippen LogP contribution in [0.25, 0.3) is 0 Å². The van der Waals surface area contributed by atoms with E-state index >= 15 is 0 Å². The number of ether oxygens (including phenoxy) is 3. The molecule has 0 saturated heterocycles. The van der Waals surface area contributed by atoms with Gasteiger partial charge >= 0.3 is 0 Å². The maximum absolute atomic E-state index is 13.2. The third kappa shape index (κ3) is 4.56. The highest BCUT2D eigenvalue weighted by Gasteiger charge is 2.28. The van der Waals surface area contributed by atoms with Gasteiger partial charge in [-0.25, -0.2) is 0 Å².